The molecule has 0 spiro atoms. The maximum Gasteiger partial charge on any atom is 0.247 e. The van der Waals surface area contributed by atoms with Crippen molar-refractivity contribution in [3.63, 3.8) is 0 Å². The van der Waals surface area contributed by atoms with E-state index in [0.717, 1.165) is 24.4 Å². The summed E-state index contributed by atoms with van der Waals surface area (Å²) in [6.45, 7) is 4.45. The molecule has 1 heterocycles. The number of carbonyl (C=O) groups is 1. The van der Waals surface area contributed by atoms with Crippen LogP contribution in [0, 0.1) is 13.8 Å². The van der Waals surface area contributed by atoms with Crippen LogP contribution in [-0.4, -0.2) is 29.3 Å². The minimum absolute atomic E-state index is 0.00236. The van der Waals surface area contributed by atoms with Crippen molar-refractivity contribution in [3.8, 4) is 0 Å². The van der Waals surface area contributed by atoms with Crippen LogP contribution in [0.25, 0.3) is 0 Å². The lowest BCUT2D eigenvalue weighted by Crippen LogP contribution is -2.17. The van der Waals surface area contributed by atoms with Gasteiger partial charge in [-0.05, 0) is 33.9 Å². The fourth-order valence-corrected chi connectivity index (χ4v) is 1.42. The molecule has 15 heavy (non-hydrogen) atoms. The van der Waals surface area contributed by atoms with E-state index in [4.69, 9.17) is 5.73 Å². The summed E-state index contributed by atoms with van der Waals surface area (Å²) in [5, 5.41) is 7.11. The van der Waals surface area contributed by atoms with Crippen LogP contribution in [0.2, 0.25) is 0 Å². The van der Waals surface area contributed by atoms with Gasteiger partial charge in [0.2, 0.25) is 5.91 Å². The monoisotopic (exact) mass is 210 g/mol. The summed E-state index contributed by atoms with van der Waals surface area (Å²) in [7, 11) is 1.87. The van der Waals surface area contributed by atoms with Crippen molar-refractivity contribution in [1.82, 2.24) is 15.1 Å². The first-order chi connectivity index (χ1) is 7.07. The van der Waals surface area contributed by atoms with Gasteiger partial charge in [-0.25, -0.2) is 4.68 Å². The van der Waals surface area contributed by atoms with E-state index in [-0.39, 0.29) is 5.91 Å². The third-order valence-corrected chi connectivity index (χ3v) is 2.40. The molecule has 0 radical (unpaired) electrons. The Bertz CT molecular complexity index is 357. The van der Waals surface area contributed by atoms with E-state index in [0.29, 0.717) is 12.1 Å². The lowest BCUT2D eigenvalue weighted by molar-refractivity contribution is 0.0881. The van der Waals surface area contributed by atoms with Gasteiger partial charge >= 0.3 is 0 Å². The fraction of sp³-hybridized carbons (Fsp3) is 0.600. The largest absolute Gasteiger partial charge is 0.396 e. The molecular formula is C10H18N4O. The SMILES string of the molecule is CNCCCC(=O)n1nc(C)c(N)c1C. The summed E-state index contributed by atoms with van der Waals surface area (Å²) in [5.41, 5.74) is 7.81. The zero-order chi connectivity index (χ0) is 11.4. The molecule has 0 aliphatic heterocycles. The van der Waals surface area contributed by atoms with Crippen LogP contribution in [-0.2, 0) is 0 Å². The smallest absolute Gasteiger partial charge is 0.247 e. The normalized spacial score (nSPS) is 10.6. The highest BCUT2D eigenvalue weighted by Crippen LogP contribution is 2.15. The minimum Gasteiger partial charge on any atom is -0.396 e. The van der Waals surface area contributed by atoms with Crippen molar-refractivity contribution < 1.29 is 4.79 Å². The van der Waals surface area contributed by atoms with Crippen LogP contribution >= 0.6 is 0 Å². The van der Waals surface area contributed by atoms with E-state index in [1.807, 2.05) is 14.0 Å². The van der Waals surface area contributed by atoms with Crippen LogP contribution in [0.3, 0.4) is 0 Å². The van der Waals surface area contributed by atoms with Gasteiger partial charge in [0.1, 0.15) is 0 Å². The summed E-state index contributed by atoms with van der Waals surface area (Å²) >= 11 is 0. The van der Waals surface area contributed by atoms with Gasteiger partial charge in [-0.1, -0.05) is 0 Å². The van der Waals surface area contributed by atoms with Crippen molar-refractivity contribution >= 4 is 11.6 Å². The first-order valence-corrected chi connectivity index (χ1v) is 5.07. The summed E-state index contributed by atoms with van der Waals surface area (Å²) in [6.07, 6.45) is 1.30. The first kappa shape index (κ1) is 11.7. The number of aromatic nitrogens is 2. The van der Waals surface area contributed by atoms with E-state index in [1.54, 1.807) is 6.92 Å². The Balaban J connectivity index is 2.70. The number of nitrogens with zero attached hydrogens (tertiary/aromatic N) is 2. The van der Waals surface area contributed by atoms with Crippen molar-refractivity contribution in [2.24, 2.45) is 0 Å². The topological polar surface area (TPSA) is 72.9 Å². The quantitative estimate of drug-likeness (QED) is 0.718. The molecular weight excluding hydrogens is 192 g/mol. The van der Waals surface area contributed by atoms with Gasteiger partial charge < -0.3 is 11.1 Å². The predicted molar refractivity (Wildman–Crippen MR) is 59.9 cm³/mol. The Morgan fingerprint density at radius 1 is 1.53 bits per heavy atom. The van der Waals surface area contributed by atoms with Crippen LogP contribution in [0.4, 0.5) is 5.69 Å². The molecule has 84 valence electrons. The minimum atomic E-state index is 0.00236. The second-order valence-electron chi connectivity index (χ2n) is 3.60. The first-order valence-electron chi connectivity index (χ1n) is 5.07. The number of nitrogens with one attached hydrogen (secondary N) is 1. The lowest BCUT2D eigenvalue weighted by Gasteiger charge is -2.02. The predicted octanol–water partition coefficient (Wildman–Crippen LogP) is 0.722. The number of nitrogen functional groups attached to an aromatic ring is 1. The third kappa shape index (κ3) is 2.56. The Morgan fingerprint density at radius 2 is 2.20 bits per heavy atom. The van der Waals surface area contributed by atoms with Gasteiger partial charge in [0.05, 0.1) is 17.1 Å². The lowest BCUT2D eigenvalue weighted by atomic mass is 10.3. The van der Waals surface area contributed by atoms with Crippen molar-refractivity contribution in [2.75, 3.05) is 19.3 Å². The summed E-state index contributed by atoms with van der Waals surface area (Å²) in [4.78, 5) is 11.7. The van der Waals surface area contributed by atoms with E-state index >= 15 is 0 Å². The van der Waals surface area contributed by atoms with Gasteiger partial charge in [0, 0.05) is 6.42 Å². The zero-order valence-corrected chi connectivity index (χ0v) is 9.50. The Labute approximate surface area is 89.6 Å². The van der Waals surface area contributed by atoms with Gasteiger partial charge in [-0.15, -0.1) is 0 Å². The number of hydrogen-bond acceptors (Lipinski definition) is 4. The molecule has 1 rings (SSSR count). The molecule has 0 saturated carbocycles. The highest BCUT2D eigenvalue weighted by atomic mass is 16.2. The molecule has 0 bridgehead atoms. The molecule has 1 aromatic rings. The molecule has 3 N–H and O–H groups in total. The molecule has 0 aliphatic rings. The molecule has 5 nitrogen and oxygen atoms in total. The van der Waals surface area contributed by atoms with E-state index in [1.165, 1.54) is 4.68 Å². The van der Waals surface area contributed by atoms with Gasteiger partial charge in [0.25, 0.3) is 0 Å². The van der Waals surface area contributed by atoms with Crippen molar-refractivity contribution in [1.29, 1.82) is 0 Å². The number of rotatable bonds is 4. The summed E-state index contributed by atoms with van der Waals surface area (Å²) in [5.74, 6) is 0.00236. The maximum absolute atomic E-state index is 11.7. The molecule has 0 unspecified atom stereocenters. The Morgan fingerprint density at radius 3 is 2.67 bits per heavy atom. The number of nitrogens with two attached hydrogens (primary N) is 1. The van der Waals surface area contributed by atoms with Crippen molar-refractivity contribution in [3.05, 3.63) is 11.4 Å². The third-order valence-electron chi connectivity index (χ3n) is 2.40. The van der Waals surface area contributed by atoms with Crippen LogP contribution < -0.4 is 11.1 Å². The van der Waals surface area contributed by atoms with Crippen LogP contribution in [0.1, 0.15) is 29.0 Å². The number of carbonyl (C=O) groups excluding carboxylic acids is 1. The average molecular weight is 210 g/mol. The highest BCUT2D eigenvalue weighted by molar-refractivity contribution is 5.80. The molecule has 0 aliphatic carbocycles. The fourth-order valence-electron chi connectivity index (χ4n) is 1.42. The number of aryl methyl sites for hydroxylation is 1. The zero-order valence-electron chi connectivity index (χ0n) is 9.50. The summed E-state index contributed by atoms with van der Waals surface area (Å²) < 4.78 is 1.40. The van der Waals surface area contributed by atoms with E-state index in [2.05, 4.69) is 10.4 Å². The molecule has 1 aromatic heterocycles. The molecule has 0 fully saturated rings. The van der Waals surface area contributed by atoms with Gasteiger partial charge in [-0.3, -0.25) is 4.79 Å². The van der Waals surface area contributed by atoms with Gasteiger partial charge in [-0.2, -0.15) is 5.10 Å². The Kier molecular flexibility index (Phi) is 3.85. The summed E-state index contributed by atoms with van der Waals surface area (Å²) in [6, 6.07) is 0. The molecule has 0 amide bonds. The molecule has 0 aromatic carbocycles. The second kappa shape index (κ2) is 4.93. The van der Waals surface area contributed by atoms with Crippen molar-refractivity contribution in [2.45, 2.75) is 26.7 Å². The van der Waals surface area contributed by atoms with E-state index in [9.17, 15) is 4.79 Å². The van der Waals surface area contributed by atoms with Crippen LogP contribution in [0.15, 0.2) is 0 Å². The second-order valence-corrected chi connectivity index (χ2v) is 3.60. The molecule has 0 atom stereocenters. The standard InChI is InChI=1S/C10H18N4O/c1-7-10(11)8(2)14(13-7)9(15)5-4-6-12-3/h12H,4-6,11H2,1-3H3. The maximum atomic E-state index is 11.7. The van der Waals surface area contributed by atoms with Gasteiger partial charge in [0.15, 0.2) is 0 Å². The number of hydrogen-bond donors (Lipinski definition) is 2. The molecule has 0 saturated heterocycles. The molecule has 5 heteroatoms. The Hall–Kier alpha value is -1.36. The number of anilines is 1. The van der Waals surface area contributed by atoms with E-state index < -0.39 is 0 Å². The highest BCUT2D eigenvalue weighted by Gasteiger charge is 2.13. The average Bonchev–Trinajstić information content (AvgIpc) is 2.46. The van der Waals surface area contributed by atoms with Crippen LogP contribution in [0.5, 0.6) is 0 Å².